The summed E-state index contributed by atoms with van der Waals surface area (Å²) >= 11 is 0. The molecule has 3 fully saturated rings. The van der Waals surface area contributed by atoms with Gasteiger partial charge in [0.1, 0.15) is 5.69 Å². The average Bonchev–Trinajstić information content (AvgIpc) is 2.86. The number of carbonyl (C=O) groups is 1. The van der Waals surface area contributed by atoms with Crippen LogP contribution < -0.4 is 5.32 Å². The van der Waals surface area contributed by atoms with Crippen molar-refractivity contribution in [1.29, 1.82) is 0 Å². The standard InChI is InChI=1S/C17H21N3O/c1-19-15-5-3-2-4-13(15)10-16(19)17(21)18-14-11-20-8-6-12(14)7-9-20/h2-5,10,12,14H,6-9,11H2,1H3,(H,18,21). The summed E-state index contributed by atoms with van der Waals surface area (Å²) in [5.41, 5.74) is 1.87. The summed E-state index contributed by atoms with van der Waals surface area (Å²) < 4.78 is 1.99. The smallest absolute Gasteiger partial charge is 0.268 e. The monoisotopic (exact) mass is 283 g/mol. The Morgan fingerprint density at radius 3 is 2.67 bits per heavy atom. The maximum absolute atomic E-state index is 12.6. The van der Waals surface area contributed by atoms with E-state index in [1.807, 2.05) is 29.8 Å². The zero-order valence-electron chi connectivity index (χ0n) is 12.4. The van der Waals surface area contributed by atoms with Crippen molar-refractivity contribution >= 4 is 16.8 Å². The van der Waals surface area contributed by atoms with E-state index >= 15 is 0 Å². The number of amides is 1. The van der Waals surface area contributed by atoms with Crippen molar-refractivity contribution in [3.8, 4) is 0 Å². The Hall–Kier alpha value is -1.81. The molecule has 4 heteroatoms. The van der Waals surface area contributed by atoms with Crippen molar-refractivity contribution in [1.82, 2.24) is 14.8 Å². The molecule has 2 bridgehead atoms. The third kappa shape index (κ3) is 2.14. The van der Waals surface area contributed by atoms with Crippen LogP contribution in [0.3, 0.4) is 0 Å². The highest BCUT2D eigenvalue weighted by atomic mass is 16.2. The molecule has 0 aliphatic carbocycles. The molecule has 110 valence electrons. The quantitative estimate of drug-likeness (QED) is 0.915. The summed E-state index contributed by atoms with van der Waals surface area (Å²) in [7, 11) is 1.97. The molecule has 3 saturated heterocycles. The third-order valence-corrected chi connectivity index (χ3v) is 5.16. The molecule has 0 spiro atoms. The maximum atomic E-state index is 12.6. The zero-order chi connectivity index (χ0) is 14.4. The number of fused-ring (bicyclic) bond motifs is 4. The largest absolute Gasteiger partial charge is 0.346 e. The van der Waals surface area contributed by atoms with E-state index < -0.39 is 0 Å². The van der Waals surface area contributed by atoms with Gasteiger partial charge in [-0.25, -0.2) is 0 Å². The lowest BCUT2D eigenvalue weighted by Crippen LogP contribution is -2.57. The van der Waals surface area contributed by atoms with Gasteiger partial charge in [-0.1, -0.05) is 18.2 Å². The van der Waals surface area contributed by atoms with Gasteiger partial charge < -0.3 is 14.8 Å². The summed E-state index contributed by atoms with van der Waals surface area (Å²) in [6.07, 6.45) is 2.44. The molecule has 1 amide bonds. The third-order valence-electron chi connectivity index (χ3n) is 5.16. The van der Waals surface area contributed by atoms with Crippen molar-refractivity contribution in [3.63, 3.8) is 0 Å². The molecule has 1 aromatic carbocycles. The van der Waals surface area contributed by atoms with Gasteiger partial charge in [0.15, 0.2) is 0 Å². The number of benzene rings is 1. The Morgan fingerprint density at radius 1 is 1.24 bits per heavy atom. The summed E-state index contributed by atoms with van der Waals surface area (Å²) in [6.45, 7) is 3.41. The number of aromatic nitrogens is 1. The van der Waals surface area contributed by atoms with Crippen LogP contribution in [0.2, 0.25) is 0 Å². The highest BCUT2D eigenvalue weighted by Crippen LogP contribution is 2.28. The van der Waals surface area contributed by atoms with Gasteiger partial charge in [-0.2, -0.15) is 0 Å². The Morgan fingerprint density at radius 2 is 2.00 bits per heavy atom. The predicted molar refractivity (Wildman–Crippen MR) is 83.3 cm³/mol. The SMILES string of the molecule is Cn1c(C(=O)NC2CN3CCC2CC3)cc2ccccc21. The second-order valence-corrected chi connectivity index (χ2v) is 6.37. The topological polar surface area (TPSA) is 37.3 Å². The lowest BCUT2D eigenvalue weighted by Gasteiger charge is -2.44. The van der Waals surface area contributed by atoms with E-state index in [0.717, 1.165) is 23.1 Å². The highest BCUT2D eigenvalue weighted by Gasteiger charge is 2.35. The van der Waals surface area contributed by atoms with E-state index in [1.165, 1.54) is 25.9 Å². The Kier molecular flexibility index (Phi) is 3.00. The molecule has 2 aromatic rings. The first-order valence-electron chi connectivity index (χ1n) is 7.80. The van der Waals surface area contributed by atoms with Crippen molar-refractivity contribution in [3.05, 3.63) is 36.0 Å². The van der Waals surface area contributed by atoms with E-state index in [1.54, 1.807) is 0 Å². The minimum atomic E-state index is 0.0625. The molecule has 4 heterocycles. The second-order valence-electron chi connectivity index (χ2n) is 6.37. The van der Waals surface area contributed by atoms with Gasteiger partial charge >= 0.3 is 0 Å². The number of hydrogen-bond donors (Lipinski definition) is 1. The molecular weight excluding hydrogens is 262 g/mol. The number of hydrogen-bond acceptors (Lipinski definition) is 2. The lowest BCUT2D eigenvalue weighted by molar-refractivity contribution is 0.0616. The molecule has 4 nitrogen and oxygen atoms in total. The lowest BCUT2D eigenvalue weighted by atomic mass is 9.84. The predicted octanol–water partition coefficient (Wildman–Crippen LogP) is 2.00. The van der Waals surface area contributed by atoms with Crippen LogP contribution in [0.5, 0.6) is 0 Å². The fourth-order valence-electron chi connectivity index (χ4n) is 3.88. The van der Waals surface area contributed by atoms with Crippen molar-refractivity contribution in [2.75, 3.05) is 19.6 Å². The van der Waals surface area contributed by atoms with Gasteiger partial charge in [0, 0.05) is 30.5 Å². The number of rotatable bonds is 2. The first kappa shape index (κ1) is 12.9. The number of nitrogens with one attached hydrogen (secondary N) is 1. The van der Waals surface area contributed by atoms with Crippen LogP contribution in [-0.2, 0) is 7.05 Å². The first-order valence-corrected chi connectivity index (χ1v) is 7.80. The highest BCUT2D eigenvalue weighted by molar-refractivity contribution is 5.98. The van der Waals surface area contributed by atoms with E-state index in [2.05, 4.69) is 22.3 Å². The number of piperidine rings is 3. The van der Waals surface area contributed by atoms with Gasteiger partial charge in [-0.15, -0.1) is 0 Å². The van der Waals surface area contributed by atoms with Gasteiger partial charge in [0.2, 0.25) is 0 Å². The van der Waals surface area contributed by atoms with E-state index in [0.29, 0.717) is 12.0 Å². The molecule has 1 aromatic heterocycles. The fourth-order valence-corrected chi connectivity index (χ4v) is 3.88. The van der Waals surface area contributed by atoms with E-state index in [-0.39, 0.29) is 5.91 Å². The van der Waals surface area contributed by atoms with Crippen molar-refractivity contribution < 1.29 is 4.79 Å². The Labute approximate surface area is 124 Å². The number of carbonyl (C=O) groups excluding carboxylic acids is 1. The molecule has 5 rings (SSSR count). The molecule has 1 atom stereocenters. The fraction of sp³-hybridized carbons (Fsp3) is 0.471. The van der Waals surface area contributed by atoms with Crippen molar-refractivity contribution in [2.45, 2.75) is 18.9 Å². The molecule has 0 radical (unpaired) electrons. The second kappa shape index (κ2) is 4.88. The van der Waals surface area contributed by atoms with Crippen LogP contribution in [0, 0.1) is 5.92 Å². The summed E-state index contributed by atoms with van der Waals surface area (Å²) in [5, 5.41) is 4.39. The van der Waals surface area contributed by atoms with E-state index in [9.17, 15) is 4.79 Å². The van der Waals surface area contributed by atoms with Crippen molar-refractivity contribution in [2.24, 2.45) is 13.0 Å². The summed E-state index contributed by atoms with van der Waals surface area (Å²) in [5.74, 6) is 0.723. The first-order chi connectivity index (χ1) is 10.2. The maximum Gasteiger partial charge on any atom is 0.268 e. The van der Waals surface area contributed by atoms with Gasteiger partial charge in [-0.3, -0.25) is 4.79 Å². The minimum absolute atomic E-state index is 0.0625. The molecule has 0 saturated carbocycles. The number of aryl methyl sites for hydroxylation is 1. The normalized spacial score (nSPS) is 28.0. The molecular formula is C17H21N3O. The van der Waals surface area contributed by atoms with Crippen LogP contribution in [0.25, 0.3) is 10.9 Å². The molecule has 3 aliphatic heterocycles. The zero-order valence-corrected chi connectivity index (χ0v) is 12.4. The minimum Gasteiger partial charge on any atom is -0.346 e. The van der Waals surface area contributed by atoms with Crippen LogP contribution in [-0.4, -0.2) is 41.1 Å². The molecule has 3 aliphatic rings. The van der Waals surface area contributed by atoms with Gasteiger partial charge in [0.25, 0.3) is 5.91 Å². The van der Waals surface area contributed by atoms with Crippen LogP contribution in [0.4, 0.5) is 0 Å². The summed E-state index contributed by atoms with van der Waals surface area (Å²) in [6, 6.07) is 10.4. The molecule has 1 N–H and O–H groups in total. The van der Waals surface area contributed by atoms with Gasteiger partial charge in [0.05, 0.1) is 0 Å². The van der Waals surface area contributed by atoms with Gasteiger partial charge in [-0.05, 0) is 44.0 Å². The van der Waals surface area contributed by atoms with Crippen LogP contribution in [0.15, 0.2) is 30.3 Å². The number of nitrogens with zero attached hydrogens (tertiary/aromatic N) is 2. The van der Waals surface area contributed by atoms with E-state index in [4.69, 9.17) is 0 Å². The molecule has 1 unspecified atom stereocenters. The van der Waals surface area contributed by atoms with Crippen LogP contribution in [0.1, 0.15) is 23.3 Å². The van der Waals surface area contributed by atoms with Crippen LogP contribution >= 0.6 is 0 Å². The molecule has 21 heavy (non-hydrogen) atoms. The Balaban J connectivity index is 1.58. The Bertz CT molecular complexity index is 682. The number of para-hydroxylation sites is 1. The average molecular weight is 283 g/mol. The summed E-state index contributed by atoms with van der Waals surface area (Å²) in [4.78, 5) is 15.1.